The molecule has 1 aromatic heterocycles. The molecule has 0 spiro atoms. The number of aromatic nitrogens is 1. The van der Waals surface area contributed by atoms with E-state index in [0.717, 1.165) is 33.2 Å². The summed E-state index contributed by atoms with van der Waals surface area (Å²) in [5.41, 5.74) is 4.47. The van der Waals surface area contributed by atoms with E-state index >= 15 is 0 Å². The molecule has 0 saturated carbocycles. The Labute approximate surface area is 185 Å². The van der Waals surface area contributed by atoms with Crippen molar-refractivity contribution in [1.29, 1.82) is 0 Å². The van der Waals surface area contributed by atoms with Gasteiger partial charge in [-0.3, -0.25) is 0 Å². The number of carbonyl (C=O) groups is 1. The summed E-state index contributed by atoms with van der Waals surface area (Å²) in [7, 11) is 0. The third kappa shape index (κ3) is 4.47. The van der Waals surface area contributed by atoms with E-state index in [1.807, 2.05) is 37.4 Å². The van der Waals surface area contributed by atoms with E-state index in [1.54, 1.807) is 31.2 Å². The van der Waals surface area contributed by atoms with Crippen LogP contribution < -0.4 is 0 Å². The molecule has 0 aliphatic carbocycles. The lowest BCUT2D eigenvalue weighted by atomic mass is 9.98. The number of nitrogens with zero attached hydrogens (tertiary/aromatic N) is 1. The number of fused-ring (bicyclic) bond motifs is 1. The Kier molecular flexibility index (Phi) is 6.17. The second-order valence-corrected chi connectivity index (χ2v) is 7.58. The number of halogens is 2. The smallest absolute Gasteiger partial charge is 0.331 e. The van der Waals surface area contributed by atoms with Crippen molar-refractivity contribution >= 4 is 22.4 Å². The van der Waals surface area contributed by atoms with Gasteiger partial charge in [0, 0.05) is 23.2 Å². The van der Waals surface area contributed by atoms with E-state index < -0.39 is 0 Å². The van der Waals surface area contributed by atoms with Gasteiger partial charge in [-0.15, -0.1) is 0 Å². The van der Waals surface area contributed by atoms with Crippen LogP contribution in [0.25, 0.3) is 16.5 Å². The van der Waals surface area contributed by atoms with Crippen LogP contribution in [-0.2, 0) is 9.53 Å². The van der Waals surface area contributed by atoms with Crippen molar-refractivity contribution in [3.8, 4) is 0 Å². The molecule has 3 nitrogen and oxygen atoms in total. The minimum absolute atomic E-state index is 0.254. The minimum Gasteiger partial charge on any atom is -0.463 e. The molecule has 0 saturated heterocycles. The van der Waals surface area contributed by atoms with Gasteiger partial charge < -0.3 is 9.30 Å². The molecule has 0 bridgehead atoms. The van der Waals surface area contributed by atoms with Gasteiger partial charge in [0.2, 0.25) is 0 Å². The Morgan fingerprint density at radius 3 is 2.09 bits per heavy atom. The third-order valence-electron chi connectivity index (χ3n) is 5.45. The van der Waals surface area contributed by atoms with Gasteiger partial charge in [0.05, 0.1) is 12.6 Å². The molecular weight excluding hydrogens is 408 g/mol. The summed E-state index contributed by atoms with van der Waals surface area (Å²) in [6, 6.07) is 20.4. The maximum Gasteiger partial charge on any atom is 0.331 e. The molecule has 0 aliphatic rings. The first-order chi connectivity index (χ1) is 15.5. The van der Waals surface area contributed by atoms with Crippen LogP contribution in [0.2, 0.25) is 0 Å². The van der Waals surface area contributed by atoms with E-state index in [1.165, 1.54) is 30.3 Å². The molecule has 0 atom stereocenters. The second-order valence-electron chi connectivity index (χ2n) is 7.58. The van der Waals surface area contributed by atoms with E-state index in [0.29, 0.717) is 6.61 Å². The van der Waals surface area contributed by atoms with Crippen molar-refractivity contribution in [2.45, 2.75) is 19.9 Å². The van der Waals surface area contributed by atoms with Crippen molar-refractivity contribution in [3.63, 3.8) is 0 Å². The molecule has 0 N–H and O–H groups in total. The van der Waals surface area contributed by atoms with E-state index in [2.05, 4.69) is 4.57 Å². The highest BCUT2D eigenvalue weighted by Gasteiger charge is 2.19. The standard InChI is InChI=1S/C27H23F2NO2/c1-3-32-26(31)16-18(2)21-8-13-25-22(17-21)14-15-30(25)27(19-4-9-23(28)10-5-19)20-6-11-24(29)12-7-20/h4-17,27H,3H2,1-2H3/b18-16+. The van der Waals surface area contributed by atoms with Gasteiger partial charge in [-0.2, -0.15) is 0 Å². The first kappa shape index (κ1) is 21.5. The van der Waals surface area contributed by atoms with Crippen LogP contribution in [0.5, 0.6) is 0 Å². The Balaban J connectivity index is 1.79. The van der Waals surface area contributed by atoms with Gasteiger partial charge in [-0.25, -0.2) is 13.6 Å². The molecular formula is C27H23F2NO2. The summed E-state index contributed by atoms with van der Waals surface area (Å²) in [5, 5.41) is 0.994. The molecule has 3 aromatic carbocycles. The Morgan fingerprint density at radius 2 is 1.53 bits per heavy atom. The van der Waals surface area contributed by atoms with Crippen molar-refractivity contribution < 1.29 is 18.3 Å². The molecule has 0 radical (unpaired) electrons. The number of rotatable bonds is 6. The summed E-state index contributed by atoms with van der Waals surface area (Å²) >= 11 is 0. The zero-order chi connectivity index (χ0) is 22.7. The van der Waals surface area contributed by atoms with E-state index in [9.17, 15) is 13.6 Å². The number of ether oxygens (including phenoxy) is 1. The lowest BCUT2D eigenvalue weighted by molar-refractivity contribution is -0.137. The molecule has 162 valence electrons. The Hall–Kier alpha value is -3.73. The van der Waals surface area contributed by atoms with Crippen LogP contribution in [0, 0.1) is 11.6 Å². The van der Waals surface area contributed by atoms with Crippen LogP contribution >= 0.6 is 0 Å². The number of benzene rings is 3. The molecule has 4 rings (SSSR count). The van der Waals surface area contributed by atoms with Crippen molar-refractivity contribution in [2.24, 2.45) is 0 Å². The zero-order valence-corrected chi connectivity index (χ0v) is 17.9. The molecule has 0 unspecified atom stereocenters. The van der Waals surface area contributed by atoms with Gasteiger partial charge in [0.15, 0.2) is 0 Å². The molecule has 0 amide bonds. The number of hydrogen-bond acceptors (Lipinski definition) is 2. The number of carbonyl (C=O) groups excluding carboxylic acids is 1. The fourth-order valence-electron chi connectivity index (χ4n) is 3.88. The van der Waals surface area contributed by atoms with E-state index in [-0.39, 0.29) is 23.6 Å². The average molecular weight is 431 g/mol. The quantitative estimate of drug-likeness (QED) is 0.257. The topological polar surface area (TPSA) is 31.2 Å². The Morgan fingerprint density at radius 1 is 0.938 bits per heavy atom. The first-order valence-electron chi connectivity index (χ1n) is 10.4. The molecule has 32 heavy (non-hydrogen) atoms. The van der Waals surface area contributed by atoms with Crippen LogP contribution in [0.4, 0.5) is 8.78 Å². The van der Waals surface area contributed by atoms with Crippen LogP contribution in [0.15, 0.2) is 85.1 Å². The highest BCUT2D eigenvalue weighted by Crippen LogP contribution is 2.32. The van der Waals surface area contributed by atoms with Gasteiger partial charge in [-0.1, -0.05) is 30.3 Å². The van der Waals surface area contributed by atoms with Crippen molar-refractivity contribution in [1.82, 2.24) is 4.57 Å². The largest absolute Gasteiger partial charge is 0.463 e. The summed E-state index contributed by atoms with van der Waals surface area (Å²) < 4.78 is 34.2. The van der Waals surface area contributed by atoms with Crippen LogP contribution in [-0.4, -0.2) is 17.1 Å². The van der Waals surface area contributed by atoms with Crippen molar-refractivity contribution in [3.05, 3.63) is 113 Å². The highest BCUT2D eigenvalue weighted by molar-refractivity contribution is 5.93. The molecule has 1 heterocycles. The Bertz CT molecular complexity index is 1230. The summed E-state index contributed by atoms with van der Waals surface area (Å²) in [4.78, 5) is 11.8. The maximum absolute atomic E-state index is 13.6. The van der Waals surface area contributed by atoms with Gasteiger partial charge >= 0.3 is 5.97 Å². The number of esters is 1. The summed E-state index contributed by atoms with van der Waals surface area (Å²) in [6.07, 6.45) is 3.46. The van der Waals surface area contributed by atoms with Gasteiger partial charge in [0.1, 0.15) is 11.6 Å². The minimum atomic E-state index is -0.365. The predicted molar refractivity (Wildman–Crippen MR) is 122 cm³/mol. The zero-order valence-electron chi connectivity index (χ0n) is 17.9. The van der Waals surface area contributed by atoms with Crippen LogP contribution in [0.1, 0.15) is 36.6 Å². The summed E-state index contributed by atoms with van der Waals surface area (Å²) in [5.74, 6) is -0.981. The van der Waals surface area contributed by atoms with Gasteiger partial charge in [0.25, 0.3) is 0 Å². The second kappa shape index (κ2) is 9.18. The first-order valence-corrected chi connectivity index (χ1v) is 10.4. The lowest BCUT2D eigenvalue weighted by Gasteiger charge is -2.22. The number of hydrogen-bond donors (Lipinski definition) is 0. The maximum atomic E-state index is 13.6. The fourth-order valence-corrected chi connectivity index (χ4v) is 3.88. The van der Waals surface area contributed by atoms with Gasteiger partial charge in [-0.05, 0) is 78.6 Å². The normalized spacial score (nSPS) is 11.8. The molecule has 4 aromatic rings. The summed E-state index contributed by atoms with van der Waals surface area (Å²) in [6.45, 7) is 3.97. The molecule has 0 aliphatic heterocycles. The SMILES string of the molecule is CCOC(=O)/C=C(\C)c1ccc2c(ccn2C(c2ccc(F)cc2)c2ccc(F)cc2)c1. The van der Waals surface area contributed by atoms with Crippen LogP contribution in [0.3, 0.4) is 0 Å². The number of allylic oxidation sites excluding steroid dienone is 1. The lowest BCUT2D eigenvalue weighted by Crippen LogP contribution is -2.11. The fraction of sp³-hybridized carbons (Fsp3) is 0.148. The highest BCUT2D eigenvalue weighted by atomic mass is 19.1. The average Bonchev–Trinajstić information content (AvgIpc) is 3.19. The predicted octanol–water partition coefficient (Wildman–Crippen LogP) is 6.52. The molecule has 0 fully saturated rings. The monoisotopic (exact) mass is 431 g/mol. The van der Waals surface area contributed by atoms with Crippen molar-refractivity contribution in [2.75, 3.05) is 6.61 Å². The molecule has 5 heteroatoms. The van der Waals surface area contributed by atoms with E-state index in [4.69, 9.17) is 4.74 Å². The third-order valence-corrected chi connectivity index (χ3v) is 5.45.